The summed E-state index contributed by atoms with van der Waals surface area (Å²) in [6.45, 7) is 3.84. The molecule has 0 saturated carbocycles. The molecule has 0 heterocycles. The highest BCUT2D eigenvalue weighted by Crippen LogP contribution is 2.26. The maximum Gasteiger partial charge on any atom is 0.313 e. The number of allylic oxidation sites excluding steroid dienone is 4. The Kier molecular flexibility index (Phi) is 23.8. The molecule has 0 aromatic heterocycles. The van der Waals surface area contributed by atoms with Gasteiger partial charge in [0, 0.05) is 19.0 Å². The molecule has 0 aliphatic rings. The van der Waals surface area contributed by atoms with E-state index in [-0.39, 0.29) is 38.2 Å². The van der Waals surface area contributed by atoms with E-state index in [0.29, 0.717) is 32.8 Å². The molecule has 44 heavy (non-hydrogen) atoms. The van der Waals surface area contributed by atoms with Gasteiger partial charge in [-0.15, -0.1) is 0 Å². The smallest absolute Gasteiger partial charge is 0.313 e. The van der Waals surface area contributed by atoms with Gasteiger partial charge < -0.3 is 24.3 Å². The van der Waals surface area contributed by atoms with Crippen LogP contribution in [0.15, 0.2) is 30.4 Å². The summed E-state index contributed by atoms with van der Waals surface area (Å²) in [6, 6.07) is 0.0222. The van der Waals surface area contributed by atoms with Crippen LogP contribution in [-0.2, 0) is 23.8 Å². The van der Waals surface area contributed by atoms with Crippen molar-refractivity contribution in [3.8, 4) is 5.75 Å². The molecule has 0 radical (unpaired) electrons. The minimum atomic E-state index is -1.79. The number of rotatable bonds is 27. The quantitative estimate of drug-likeness (QED) is 0.0270. The summed E-state index contributed by atoms with van der Waals surface area (Å²) < 4.78 is 73.6. The van der Waals surface area contributed by atoms with E-state index in [1.165, 1.54) is 38.5 Å². The van der Waals surface area contributed by atoms with Crippen molar-refractivity contribution in [3.05, 3.63) is 53.6 Å². The molecule has 1 N–H and O–H groups in total. The van der Waals surface area contributed by atoms with Crippen LogP contribution in [0.3, 0.4) is 0 Å². The van der Waals surface area contributed by atoms with Gasteiger partial charge in [-0.2, -0.15) is 8.78 Å². The molecular formula is C33H49F4NO6. The fourth-order valence-electron chi connectivity index (χ4n) is 3.95. The predicted octanol–water partition coefficient (Wildman–Crippen LogP) is 7.52. The molecule has 1 rings (SSSR count). The number of esters is 1. The monoisotopic (exact) mass is 631 g/mol. The fourth-order valence-corrected chi connectivity index (χ4v) is 3.95. The number of hydrogen-bond acceptors (Lipinski definition) is 6. The van der Waals surface area contributed by atoms with Gasteiger partial charge in [0.2, 0.25) is 23.3 Å². The molecule has 250 valence electrons. The van der Waals surface area contributed by atoms with E-state index in [4.69, 9.17) is 14.2 Å². The normalized spacial score (nSPS) is 11.6. The van der Waals surface area contributed by atoms with E-state index in [1.807, 2.05) is 0 Å². The Morgan fingerprint density at radius 2 is 1.23 bits per heavy atom. The van der Waals surface area contributed by atoms with Gasteiger partial charge in [-0.05, 0) is 38.5 Å². The summed E-state index contributed by atoms with van der Waals surface area (Å²) in [4.78, 5) is 23.6. The average Bonchev–Trinajstić information content (AvgIpc) is 3.00. The van der Waals surface area contributed by atoms with E-state index in [0.717, 1.165) is 32.1 Å². The Hall–Kier alpha value is -2.76. The van der Waals surface area contributed by atoms with E-state index in [9.17, 15) is 27.2 Å². The lowest BCUT2D eigenvalue weighted by molar-refractivity contribution is -0.136. The Balaban J connectivity index is 1.86. The number of ether oxygens (including phenoxy) is 4. The topological polar surface area (TPSA) is 83.1 Å². The van der Waals surface area contributed by atoms with Crippen molar-refractivity contribution in [2.45, 2.75) is 90.4 Å². The minimum absolute atomic E-state index is 0.0222. The molecule has 0 unspecified atom stereocenters. The highest BCUT2D eigenvalue weighted by Gasteiger charge is 2.22. The second kappa shape index (κ2) is 26.6. The van der Waals surface area contributed by atoms with Crippen molar-refractivity contribution in [1.29, 1.82) is 0 Å². The molecule has 0 aliphatic carbocycles. The molecule has 7 nitrogen and oxygen atoms in total. The van der Waals surface area contributed by atoms with Gasteiger partial charge in [-0.1, -0.05) is 63.3 Å². The maximum absolute atomic E-state index is 13.5. The summed E-state index contributed by atoms with van der Waals surface area (Å²) in [5, 5.41) is 2.84. The Labute approximate surface area is 259 Å². The third-order valence-electron chi connectivity index (χ3n) is 6.40. The number of hydrogen-bond donors (Lipinski definition) is 1. The molecule has 0 fully saturated rings. The van der Waals surface area contributed by atoms with Crippen LogP contribution in [-0.4, -0.2) is 58.1 Å². The Morgan fingerprint density at radius 3 is 1.86 bits per heavy atom. The molecule has 0 saturated heterocycles. The molecule has 1 amide bonds. The second-order valence-corrected chi connectivity index (χ2v) is 10.2. The SMILES string of the molecule is CCCCC/C=C\C/C=C\CCCCCCCC(=O)NCCOCCOCCOCCC(=O)Oc1c(F)c(F)cc(F)c1F. The highest BCUT2D eigenvalue weighted by atomic mass is 19.2. The Bertz CT molecular complexity index is 963. The van der Waals surface area contributed by atoms with Gasteiger partial charge >= 0.3 is 5.97 Å². The maximum atomic E-state index is 13.5. The van der Waals surface area contributed by atoms with Crippen LogP contribution in [0, 0.1) is 23.3 Å². The fraction of sp³-hybridized carbons (Fsp3) is 0.636. The van der Waals surface area contributed by atoms with Crippen molar-refractivity contribution in [1.82, 2.24) is 5.32 Å². The third kappa shape index (κ3) is 20.2. The summed E-state index contributed by atoms with van der Waals surface area (Å²) in [7, 11) is 0. The zero-order chi connectivity index (χ0) is 32.3. The number of carbonyl (C=O) groups excluding carboxylic acids is 2. The third-order valence-corrected chi connectivity index (χ3v) is 6.40. The number of halogens is 4. The number of carbonyl (C=O) groups is 2. The van der Waals surface area contributed by atoms with Crippen molar-refractivity contribution >= 4 is 11.9 Å². The van der Waals surface area contributed by atoms with E-state index in [2.05, 4.69) is 41.3 Å². The first-order valence-corrected chi connectivity index (χ1v) is 15.7. The van der Waals surface area contributed by atoms with Crippen LogP contribution in [0.2, 0.25) is 0 Å². The molecule has 1 aromatic rings. The highest BCUT2D eigenvalue weighted by molar-refractivity contribution is 5.75. The molecule has 0 bridgehead atoms. The van der Waals surface area contributed by atoms with Crippen LogP contribution < -0.4 is 10.1 Å². The molecule has 1 aromatic carbocycles. The van der Waals surface area contributed by atoms with Crippen LogP contribution in [0.5, 0.6) is 5.75 Å². The Morgan fingerprint density at radius 1 is 0.682 bits per heavy atom. The van der Waals surface area contributed by atoms with Crippen molar-refractivity contribution in [2.24, 2.45) is 0 Å². The number of amides is 1. The van der Waals surface area contributed by atoms with Gasteiger partial charge in [0.05, 0.1) is 46.1 Å². The summed E-state index contributed by atoms with van der Waals surface area (Å²) >= 11 is 0. The first-order chi connectivity index (χ1) is 21.4. The first-order valence-electron chi connectivity index (χ1n) is 15.7. The summed E-state index contributed by atoms with van der Waals surface area (Å²) in [6.07, 6.45) is 21.8. The molecule has 11 heteroatoms. The van der Waals surface area contributed by atoms with Crippen LogP contribution >= 0.6 is 0 Å². The van der Waals surface area contributed by atoms with Crippen LogP contribution in [0.4, 0.5) is 17.6 Å². The number of benzene rings is 1. The van der Waals surface area contributed by atoms with Crippen LogP contribution in [0.1, 0.15) is 90.4 Å². The second-order valence-electron chi connectivity index (χ2n) is 10.2. The largest absolute Gasteiger partial charge is 0.420 e. The summed E-state index contributed by atoms with van der Waals surface area (Å²) in [5.74, 6) is -9.43. The molecule has 0 atom stereocenters. The standard InChI is InChI=1S/C33H49F4NO6/c1-2-3-4-5-6-7-8-9-10-11-12-13-14-15-16-17-29(39)38-19-21-42-23-25-43-24-22-41-20-18-30(40)44-33-31(36)27(34)26-28(35)32(33)37/h6-7,9-10,26H,2-5,8,11-25H2,1H3,(H,38,39)/b7-6-,10-9-. The van der Waals surface area contributed by atoms with Crippen LogP contribution in [0.25, 0.3) is 0 Å². The lowest BCUT2D eigenvalue weighted by Gasteiger charge is -2.09. The molecule has 0 spiro atoms. The lowest BCUT2D eigenvalue weighted by Crippen LogP contribution is -2.27. The van der Waals surface area contributed by atoms with Gasteiger partial charge in [0.15, 0.2) is 11.6 Å². The zero-order valence-corrected chi connectivity index (χ0v) is 26.0. The van der Waals surface area contributed by atoms with Crippen molar-refractivity contribution in [2.75, 3.05) is 46.2 Å². The average molecular weight is 632 g/mol. The number of unbranched alkanes of at least 4 members (excludes halogenated alkanes) is 8. The summed E-state index contributed by atoms with van der Waals surface area (Å²) in [5.41, 5.74) is 0. The van der Waals surface area contributed by atoms with Crippen molar-refractivity contribution in [3.63, 3.8) is 0 Å². The first kappa shape index (κ1) is 39.3. The van der Waals surface area contributed by atoms with Gasteiger partial charge in [-0.25, -0.2) is 8.78 Å². The van der Waals surface area contributed by atoms with E-state index in [1.54, 1.807) is 0 Å². The van der Waals surface area contributed by atoms with Gasteiger partial charge in [-0.3, -0.25) is 9.59 Å². The zero-order valence-electron chi connectivity index (χ0n) is 26.0. The van der Waals surface area contributed by atoms with E-state index < -0.39 is 35.0 Å². The number of nitrogens with one attached hydrogen (secondary N) is 1. The molecule has 0 aliphatic heterocycles. The van der Waals surface area contributed by atoms with Gasteiger partial charge in [0.25, 0.3) is 0 Å². The van der Waals surface area contributed by atoms with Crippen molar-refractivity contribution < 1.29 is 46.1 Å². The van der Waals surface area contributed by atoms with E-state index >= 15 is 0 Å². The molecular weight excluding hydrogens is 582 g/mol. The lowest BCUT2D eigenvalue weighted by atomic mass is 10.1. The predicted molar refractivity (Wildman–Crippen MR) is 161 cm³/mol. The minimum Gasteiger partial charge on any atom is -0.420 e. The van der Waals surface area contributed by atoms with Gasteiger partial charge in [0.1, 0.15) is 0 Å².